The molecular weight excluding hydrogens is 426 g/mol. The van der Waals surface area contributed by atoms with Crippen molar-refractivity contribution < 1.29 is 18.0 Å². The summed E-state index contributed by atoms with van der Waals surface area (Å²) < 4.78 is 26.3. The lowest BCUT2D eigenvalue weighted by atomic mass is 9.93. The maximum atomic E-state index is 13.4. The summed E-state index contributed by atoms with van der Waals surface area (Å²) in [5, 5.41) is 2.89. The Morgan fingerprint density at radius 2 is 1.72 bits per heavy atom. The Morgan fingerprint density at radius 1 is 1.09 bits per heavy atom. The first kappa shape index (κ1) is 23.9. The third-order valence-electron chi connectivity index (χ3n) is 5.90. The van der Waals surface area contributed by atoms with E-state index in [1.165, 1.54) is 11.8 Å². The van der Waals surface area contributed by atoms with Crippen LogP contribution in [0.4, 0.5) is 5.69 Å². The van der Waals surface area contributed by atoms with Gasteiger partial charge in [-0.2, -0.15) is 4.31 Å². The van der Waals surface area contributed by atoms with Gasteiger partial charge in [-0.3, -0.25) is 14.5 Å². The molecule has 1 aliphatic heterocycles. The fraction of sp³-hybridized carbons (Fsp3) is 0.417. The van der Waals surface area contributed by atoms with Crippen molar-refractivity contribution in [3.63, 3.8) is 0 Å². The van der Waals surface area contributed by atoms with Gasteiger partial charge in [0.15, 0.2) is 0 Å². The van der Waals surface area contributed by atoms with Crippen LogP contribution < -0.4 is 10.2 Å². The topological polar surface area (TPSA) is 86.8 Å². The molecule has 0 radical (unpaired) electrons. The molecule has 7 nitrogen and oxygen atoms in total. The van der Waals surface area contributed by atoms with E-state index in [1.54, 1.807) is 6.92 Å². The minimum Gasteiger partial charge on any atom is -0.350 e. The maximum Gasteiger partial charge on any atom is 0.247 e. The zero-order valence-electron chi connectivity index (χ0n) is 19.0. The molecule has 0 bridgehead atoms. The van der Waals surface area contributed by atoms with Crippen molar-refractivity contribution in [2.45, 2.75) is 45.7 Å². The molecule has 32 heavy (non-hydrogen) atoms. The van der Waals surface area contributed by atoms with Crippen molar-refractivity contribution in [1.29, 1.82) is 0 Å². The van der Waals surface area contributed by atoms with Crippen molar-refractivity contribution in [2.24, 2.45) is 0 Å². The first-order valence-corrected chi connectivity index (χ1v) is 12.4. The molecule has 8 heteroatoms. The Hall–Kier alpha value is -2.71. The summed E-state index contributed by atoms with van der Waals surface area (Å²) in [6.45, 7) is 7.20. The van der Waals surface area contributed by atoms with Crippen molar-refractivity contribution in [2.75, 3.05) is 23.7 Å². The van der Waals surface area contributed by atoms with Crippen LogP contribution in [0.5, 0.6) is 0 Å². The fourth-order valence-corrected chi connectivity index (χ4v) is 5.05. The fourth-order valence-electron chi connectivity index (χ4n) is 3.93. The van der Waals surface area contributed by atoms with E-state index in [9.17, 15) is 18.0 Å². The Kier molecular flexibility index (Phi) is 7.05. The zero-order chi connectivity index (χ0) is 23.5. The van der Waals surface area contributed by atoms with Gasteiger partial charge < -0.3 is 5.32 Å². The number of amides is 2. The molecule has 0 spiro atoms. The van der Waals surface area contributed by atoms with Gasteiger partial charge in [-0.05, 0) is 43.0 Å². The summed E-state index contributed by atoms with van der Waals surface area (Å²) in [6.07, 6.45) is 0. The first-order valence-electron chi connectivity index (χ1n) is 10.8. The molecule has 2 amide bonds. The Bertz CT molecular complexity index is 1070. The molecule has 0 aromatic heterocycles. The van der Waals surface area contributed by atoms with Crippen LogP contribution >= 0.6 is 0 Å². The van der Waals surface area contributed by atoms with Gasteiger partial charge in [-0.25, -0.2) is 8.42 Å². The lowest BCUT2D eigenvalue weighted by molar-refractivity contribution is -0.133. The monoisotopic (exact) mass is 457 g/mol. The smallest absolute Gasteiger partial charge is 0.247 e. The SMILES string of the molecule is CCS(=O)(=O)N1CC(=O)N(c2ccc(C(C)C)cc2)[C@@](C)(C(=O)NCc2ccccc2)C1. The van der Waals surface area contributed by atoms with Gasteiger partial charge in [0.25, 0.3) is 0 Å². The second-order valence-corrected chi connectivity index (χ2v) is 10.8. The van der Waals surface area contributed by atoms with E-state index in [1.807, 2.05) is 54.6 Å². The van der Waals surface area contributed by atoms with Crippen LogP contribution in [0, 0.1) is 0 Å². The molecule has 1 fully saturated rings. The molecule has 1 heterocycles. The average molecular weight is 458 g/mol. The minimum atomic E-state index is -3.64. The molecule has 2 aromatic rings. The third kappa shape index (κ3) is 4.86. The lowest BCUT2D eigenvalue weighted by Gasteiger charge is -2.46. The van der Waals surface area contributed by atoms with E-state index >= 15 is 0 Å². The Balaban J connectivity index is 1.97. The van der Waals surface area contributed by atoms with Crippen LogP contribution in [-0.4, -0.2) is 48.9 Å². The average Bonchev–Trinajstić information content (AvgIpc) is 2.78. The molecular formula is C24H31N3O4S. The van der Waals surface area contributed by atoms with Crippen molar-refractivity contribution in [3.8, 4) is 0 Å². The van der Waals surface area contributed by atoms with Crippen LogP contribution in [0.3, 0.4) is 0 Å². The molecule has 0 aliphatic carbocycles. The van der Waals surface area contributed by atoms with Gasteiger partial charge in [0.2, 0.25) is 21.8 Å². The molecule has 1 atom stereocenters. The molecule has 1 N–H and O–H groups in total. The predicted molar refractivity (Wildman–Crippen MR) is 126 cm³/mol. The van der Waals surface area contributed by atoms with Crippen molar-refractivity contribution >= 4 is 27.5 Å². The molecule has 0 unspecified atom stereocenters. The third-order valence-corrected chi connectivity index (χ3v) is 7.67. The van der Waals surface area contributed by atoms with E-state index in [0.717, 1.165) is 15.4 Å². The molecule has 172 valence electrons. The van der Waals surface area contributed by atoms with E-state index < -0.39 is 27.4 Å². The summed E-state index contributed by atoms with van der Waals surface area (Å²) >= 11 is 0. The largest absolute Gasteiger partial charge is 0.350 e. The summed E-state index contributed by atoms with van der Waals surface area (Å²) in [5.74, 6) is -0.640. The van der Waals surface area contributed by atoms with E-state index in [2.05, 4.69) is 19.2 Å². The Labute approximate surface area is 190 Å². The van der Waals surface area contributed by atoms with Crippen LogP contribution in [0.25, 0.3) is 0 Å². The first-order chi connectivity index (χ1) is 15.1. The number of sulfonamides is 1. The van der Waals surface area contributed by atoms with E-state index in [0.29, 0.717) is 11.6 Å². The van der Waals surface area contributed by atoms with E-state index in [-0.39, 0.29) is 25.4 Å². The highest BCUT2D eigenvalue weighted by Crippen LogP contribution is 2.32. The quantitative estimate of drug-likeness (QED) is 0.693. The highest BCUT2D eigenvalue weighted by Gasteiger charge is 2.50. The number of benzene rings is 2. The van der Waals surface area contributed by atoms with Gasteiger partial charge in [-0.1, -0.05) is 56.3 Å². The highest BCUT2D eigenvalue weighted by atomic mass is 32.2. The number of carbonyl (C=O) groups excluding carboxylic acids is 2. The molecule has 1 aliphatic rings. The van der Waals surface area contributed by atoms with Gasteiger partial charge in [0.05, 0.1) is 12.3 Å². The highest BCUT2D eigenvalue weighted by molar-refractivity contribution is 7.89. The second-order valence-electron chi connectivity index (χ2n) is 8.59. The van der Waals surface area contributed by atoms with Crippen LogP contribution in [-0.2, 0) is 26.2 Å². The van der Waals surface area contributed by atoms with Crippen LogP contribution in [0.2, 0.25) is 0 Å². The number of hydrogen-bond donors (Lipinski definition) is 1. The zero-order valence-corrected chi connectivity index (χ0v) is 19.9. The number of anilines is 1. The number of nitrogens with one attached hydrogen (secondary N) is 1. The maximum absolute atomic E-state index is 13.4. The number of hydrogen-bond acceptors (Lipinski definition) is 4. The van der Waals surface area contributed by atoms with Gasteiger partial charge in [0.1, 0.15) is 5.54 Å². The lowest BCUT2D eigenvalue weighted by Crippen LogP contribution is -2.70. The number of piperazine rings is 1. The van der Waals surface area contributed by atoms with Gasteiger partial charge >= 0.3 is 0 Å². The minimum absolute atomic E-state index is 0.110. The molecule has 3 rings (SSSR count). The van der Waals surface area contributed by atoms with E-state index in [4.69, 9.17) is 0 Å². The normalized spacial score (nSPS) is 19.9. The Morgan fingerprint density at radius 3 is 2.28 bits per heavy atom. The molecule has 1 saturated heterocycles. The molecule has 0 saturated carbocycles. The summed E-state index contributed by atoms with van der Waals surface area (Å²) in [6, 6.07) is 16.9. The van der Waals surface area contributed by atoms with Crippen LogP contribution in [0.1, 0.15) is 44.7 Å². The van der Waals surface area contributed by atoms with Crippen molar-refractivity contribution in [1.82, 2.24) is 9.62 Å². The summed E-state index contributed by atoms with van der Waals surface area (Å²) in [5.41, 5.74) is 1.21. The summed E-state index contributed by atoms with van der Waals surface area (Å²) in [7, 11) is -3.64. The number of rotatable bonds is 7. The van der Waals surface area contributed by atoms with Gasteiger partial charge in [0, 0.05) is 18.8 Å². The van der Waals surface area contributed by atoms with Crippen molar-refractivity contribution in [3.05, 3.63) is 65.7 Å². The predicted octanol–water partition coefficient (Wildman–Crippen LogP) is 2.88. The standard InChI is InChI=1S/C24H31N3O4S/c1-5-32(30,31)26-16-22(28)27(21-13-11-20(12-14-21)18(2)3)24(4,17-26)23(29)25-15-19-9-7-6-8-10-19/h6-14,18H,5,15-17H2,1-4H3,(H,25,29)/t24-/m1/s1. The summed E-state index contributed by atoms with van der Waals surface area (Å²) in [4.78, 5) is 28.1. The van der Waals surface area contributed by atoms with Crippen LogP contribution in [0.15, 0.2) is 54.6 Å². The molecule has 2 aromatic carbocycles. The van der Waals surface area contributed by atoms with Gasteiger partial charge in [-0.15, -0.1) is 0 Å². The number of carbonyl (C=O) groups is 2. The number of nitrogens with zero attached hydrogens (tertiary/aromatic N) is 2. The second kappa shape index (κ2) is 9.42.